The minimum Gasteiger partial charge on any atom is -0.507 e. The van der Waals surface area contributed by atoms with Gasteiger partial charge in [-0.3, -0.25) is 0 Å². The van der Waals surface area contributed by atoms with Gasteiger partial charge in [0.05, 0.1) is 14.2 Å². The molecule has 0 radical (unpaired) electrons. The Labute approximate surface area is 228 Å². The van der Waals surface area contributed by atoms with E-state index in [4.69, 9.17) is 18.9 Å². The molecule has 6 nitrogen and oxygen atoms in total. The fourth-order valence-electron chi connectivity index (χ4n) is 5.85. The van der Waals surface area contributed by atoms with E-state index in [1.165, 1.54) is 0 Å². The zero-order chi connectivity index (χ0) is 26.9. The quantitative estimate of drug-likeness (QED) is 0.288. The molecule has 2 unspecified atom stereocenters. The predicted octanol–water partition coefficient (Wildman–Crippen LogP) is 6.84. The molecule has 6 rings (SSSR count). The first kappa shape index (κ1) is 25.0. The molecule has 0 amide bonds. The van der Waals surface area contributed by atoms with E-state index in [1.54, 1.807) is 26.4 Å². The second-order valence-electron chi connectivity index (χ2n) is 10.1. The molecule has 0 aliphatic carbocycles. The highest BCUT2D eigenvalue weighted by Gasteiger charge is 2.32. The van der Waals surface area contributed by atoms with E-state index >= 15 is 0 Å². The molecule has 4 aromatic carbocycles. The lowest BCUT2D eigenvalue weighted by molar-refractivity contribution is 0.171. The molecule has 2 heterocycles. The lowest BCUT2D eigenvalue weighted by atomic mass is 9.90. The molecule has 0 saturated heterocycles. The molecule has 4 aromatic rings. The fraction of sp³-hybridized carbons (Fsp3) is 0.273. The summed E-state index contributed by atoms with van der Waals surface area (Å²) in [4.78, 5) is 0. The summed E-state index contributed by atoms with van der Waals surface area (Å²) in [5.41, 5.74) is 5.21. The Kier molecular flexibility index (Phi) is 6.69. The molecule has 0 saturated carbocycles. The largest absolute Gasteiger partial charge is 0.507 e. The van der Waals surface area contributed by atoms with Gasteiger partial charge in [-0.05, 0) is 36.8 Å². The van der Waals surface area contributed by atoms with Gasteiger partial charge < -0.3 is 29.2 Å². The number of fused-ring (bicyclic) bond motifs is 2. The van der Waals surface area contributed by atoms with Gasteiger partial charge in [-0.2, -0.15) is 0 Å². The molecule has 200 valence electrons. The Bertz CT molecular complexity index is 1480. The molecule has 6 heteroatoms. The maximum atomic E-state index is 11.2. The van der Waals surface area contributed by atoms with Crippen LogP contribution in [0.2, 0.25) is 0 Å². The van der Waals surface area contributed by atoms with Gasteiger partial charge >= 0.3 is 0 Å². The molecular weight excluding hydrogens is 492 g/mol. The average Bonchev–Trinajstić information content (AvgIpc) is 2.98. The Hall–Kier alpha value is -4.32. The summed E-state index contributed by atoms with van der Waals surface area (Å²) in [7, 11) is 3.20. The van der Waals surface area contributed by atoms with Gasteiger partial charge in [0.2, 0.25) is 0 Å². The minimum absolute atomic E-state index is 0.0544. The van der Waals surface area contributed by atoms with E-state index in [-0.39, 0.29) is 30.1 Å². The van der Waals surface area contributed by atoms with Crippen molar-refractivity contribution in [2.75, 3.05) is 14.2 Å². The van der Waals surface area contributed by atoms with Crippen LogP contribution in [-0.2, 0) is 19.3 Å². The number of rotatable bonds is 6. The van der Waals surface area contributed by atoms with Gasteiger partial charge in [-0.15, -0.1) is 0 Å². The molecule has 0 aromatic heterocycles. The van der Waals surface area contributed by atoms with Crippen molar-refractivity contribution in [2.24, 2.45) is 0 Å². The van der Waals surface area contributed by atoms with E-state index in [2.05, 4.69) is 24.3 Å². The minimum atomic E-state index is -0.147. The molecule has 39 heavy (non-hydrogen) atoms. The van der Waals surface area contributed by atoms with E-state index < -0.39 is 0 Å². The van der Waals surface area contributed by atoms with Crippen molar-refractivity contribution >= 4 is 0 Å². The van der Waals surface area contributed by atoms with Crippen LogP contribution < -0.4 is 18.9 Å². The number of ether oxygens (including phenoxy) is 4. The van der Waals surface area contributed by atoms with E-state index in [9.17, 15) is 10.2 Å². The van der Waals surface area contributed by atoms with Crippen LogP contribution in [0.5, 0.6) is 34.5 Å². The van der Waals surface area contributed by atoms with Gasteiger partial charge in [0.15, 0.2) is 0 Å². The van der Waals surface area contributed by atoms with Gasteiger partial charge in [0.25, 0.3) is 0 Å². The number of phenolic OH excluding ortho intramolecular Hbond substituents is 2. The summed E-state index contributed by atoms with van der Waals surface area (Å²) in [6.45, 7) is 0. The number of hydrogen-bond donors (Lipinski definition) is 2. The zero-order valence-corrected chi connectivity index (χ0v) is 22.1. The molecule has 2 aliphatic rings. The lowest BCUT2D eigenvalue weighted by Gasteiger charge is -2.31. The summed E-state index contributed by atoms with van der Waals surface area (Å²) < 4.78 is 24.3. The van der Waals surface area contributed by atoms with Crippen LogP contribution in [0.1, 0.15) is 58.4 Å². The van der Waals surface area contributed by atoms with Crippen molar-refractivity contribution in [2.45, 2.75) is 44.3 Å². The topological polar surface area (TPSA) is 77.4 Å². The predicted molar refractivity (Wildman–Crippen MR) is 148 cm³/mol. The van der Waals surface area contributed by atoms with Gasteiger partial charge in [-0.25, -0.2) is 0 Å². The summed E-state index contributed by atoms with van der Waals surface area (Å²) in [6.07, 6.45) is 3.07. The summed E-state index contributed by atoms with van der Waals surface area (Å²) >= 11 is 0. The highest BCUT2D eigenvalue weighted by Crippen LogP contribution is 2.50. The average molecular weight is 525 g/mol. The summed E-state index contributed by atoms with van der Waals surface area (Å²) in [6, 6.07) is 23.5. The van der Waals surface area contributed by atoms with Gasteiger partial charge in [0.1, 0.15) is 46.7 Å². The van der Waals surface area contributed by atoms with Gasteiger partial charge in [0, 0.05) is 40.8 Å². The molecule has 2 aliphatic heterocycles. The van der Waals surface area contributed by atoms with Crippen molar-refractivity contribution < 1.29 is 29.2 Å². The first-order valence-corrected chi connectivity index (χ1v) is 13.3. The highest BCUT2D eigenvalue weighted by molar-refractivity contribution is 5.64. The van der Waals surface area contributed by atoms with Crippen molar-refractivity contribution in [3.8, 4) is 34.5 Å². The van der Waals surface area contributed by atoms with Crippen LogP contribution in [0.4, 0.5) is 0 Å². The Balaban J connectivity index is 1.38. The van der Waals surface area contributed by atoms with E-state index in [0.717, 1.165) is 47.9 Å². The van der Waals surface area contributed by atoms with Crippen LogP contribution in [0.15, 0.2) is 72.8 Å². The maximum Gasteiger partial charge on any atom is 0.134 e. The Morgan fingerprint density at radius 2 is 1.31 bits per heavy atom. The van der Waals surface area contributed by atoms with Crippen LogP contribution in [0.25, 0.3) is 0 Å². The number of aromatic hydroxyl groups is 2. The Morgan fingerprint density at radius 1 is 0.718 bits per heavy atom. The van der Waals surface area contributed by atoms with Crippen molar-refractivity contribution in [3.05, 3.63) is 106 Å². The van der Waals surface area contributed by atoms with Crippen molar-refractivity contribution in [1.29, 1.82) is 0 Å². The molecule has 2 N–H and O–H groups in total. The maximum absolute atomic E-state index is 11.2. The Morgan fingerprint density at radius 3 is 1.92 bits per heavy atom. The third-order valence-electron chi connectivity index (χ3n) is 7.81. The molecule has 0 spiro atoms. The highest BCUT2D eigenvalue weighted by atomic mass is 16.5. The SMILES string of the molecule is COc1cc(O)c(Cc2c(O)cc3c(c2OC)CCC(c2ccccc2)O3)c2c1CCC(c1ccccc1)O2. The molecular formula is C33H32O6. The summed E-state index contributed by atoms with van der Waals surface area (Å²) in [5.74, 6) is 2.51. The van der Waals surface area contributed by atoms with Crippen LogP contribution in [0.3, 0.4) is 0 Å². The second kappa shape index (κ2) is 10.4. The van der Waals surface area contributed by atoms with E-state index in [0.29, 0.717) is 34.1 Å². The van der Waals surface area contributed by atoms with Gasteiger partial charge in [-0.1, -0.05) is 60.7 Å². The molecule has 0 bridgehead atoms. The smallest absolute Gasteiger partial charge is 0.134 e. The number of hydrogen-bond acceptors (Lipinski definition) is 6. The third-order valence-corrected chi connectivity index (χ3v) is 7.81. The number of phenols is 2. The second-order valence-corrected chi connectivity index (χ2v) is 10.1. The zero-order valence-electron chi connectivity index (χ0n) is 22.1. The van der Waals surface area contributed by atoms with Crippen LogP contribution >= 0.6 is 0 Å². The first-order chi connectivity index (χ1) is 19.1. The number of benzene rings is 4. The lowest BCUT2D eigenvalue weighted by Crippen LogP contribution is -2.18. The third kappa shape index (κ3) is 4.60. The van der Waals surface area contributed by atoms with Crippen LogP contribution in [0, 0.1) is 0 Å². The standard InChI is InChI=1S/C33H32O6/c1-36-30-18-26(34)25(33-22(30)13-16-29(39-33)21-11-7-4-8-12-21)17-24-27(35)19-31-23(32(24)37-2)14-15-28(38-31)20-9-5-3-6-10-20/h3-12,18-19,28-29,34-35H,13-17H2,1-2H3. The first-order valence-electron chi connectivity index (χ1n) is 13.3. The van der Waals surface area contributed by atoms with Crippen molar-refractivity contribution in [1.82, 2.24) is 0 Å². The molecule has 2 atom stereocenters. The summed E-state index contributed by atoms with van der Waals surface area (Å²) in [5, 5.41) is 22.4. The molecule has 0 fully saturated rings. The number of methoxy groups -OCH3 is 2. The fourth-order valence-corrected chi connectivity index (χ4v) is 5.85. The van der Waals surface area contributed by atoms with E-state index in [1.807, 2.05) is 36.4 Å². The van der Waals surface area contributed by atoms with Crippen LogP contribution in [-0.4, -0.2) is 24.4 Å². The normalized spacial score (nSPS) is 17.8. The van der Waals surface area contributed by atoms with Crippen molar-refractivity contribution in [3.63, 3.8) is 0 Å². The monoisotopic (exact) mass is 524 g/mol.